The summed E-state index contributed by atoms with van der Waals surface area (Å²) in [6.45, 7) is 26.0. The molecule has 0 aromatic heterocycles. The van der Waals surface area contributed by atoms with Gasteiger partial charge in [0.1, 0.15) is 6.17 Å². The number of alkyl halides is 1. The van der Waals surface area contributed by atoms with Crippen LogP contribution in [0.1, 0.15) is 107 Å². The summed E-state index contributed by atoms with van der Waals surface area (Å²) < 4.78 is 12.9. The second-order valence-electron chi connectivity index (χ2n) is 15.4. The Labute approximate surface area is 265 Å². The van der Waals surface area contributed by atoms with E-state index >= 15 is 0 Å². The van der Waals surface area contributed by atoms with Crippen LogP contribution in [0.25, 0.3) is 0 Å². The largest absolute Gasteiger partial charge is 0.327 e. The molecule has 0 amide bonds. The molecule has 9 heteroatoms. The first-order valence-electron chi connectivity index (χ1n) is 17.8. The number of nitrogens with two attached hydrogens (primary N) is 4. The lowest BCUT2D eigenvalue weighted by Gasteiger charge is -2.39. The van der Waals surface area contributed by atoms with Crippen molar-refractivity contribution in [3.63, 3.8) is 0 Å². The highest BCUT2D eigenvalue weighted by molar-refractivity contribution is 5.02. The quantitative estimate of drug-likeness (QED) is 0.381. The Morgan fingerprint density at radius 3 is 1.56 bits per heavy atom. The second-order valence-corrected chi connectivity index (χ2v) is 15.4. The van der Waals surface area contributed by atoms with Crippen LogP contribution in [0.5, 0.6) is 0 Å². The molecule has 5 fully saturated rings. The Morgan fingerprint density at radius 1 is 0.581 bits per heavy atom. The molecule has 8 N–H and O–H groups in total. The molecule has 1 aliphatic carbocycles. The summed E-state index contributed by atoms with van der Waals surface area (Å²) in [6, 6.07) is 5.22. The molecule has 5 rings (SSSR count). The summed E-state index contributed by atoms with van der Waals surface area (Å²) in [5.41, 5.74) is 23.4. The highest BCUT2D eigenvalue weighted by atomic mass is 19.1. The number of hydrogen-bond donors (Lipinski definition) is 4. The fraction of sp³-hybridized carbons (Fsp3) is 1.00. The Balaban J connectivity index is 0.000000200. The van der Waals surface area contributed by atoms with Gasteiger partial charge < -0.3 is 22.9 Å². The van der Waals surface area contributed by atoms with Crippen molar-refractivity contribution in [2.45, 2.75) is 174 Å². The number of fused-ring (bicyclic) bond motifs is 2. The van der Waals surface area contributed by atoms with Gasteiger partial charge in [0.2, 0.25) is 0 Å². The molecule has 0 radical (unpaired) electrons. The number of likely N-dealkylation sites (tertiary alicyclic amines) is 4. The topological polar surface area (TPSA) is 117 Å². The van der Waals surface area contributed by atoms with Crippen LogP contribution in [-0.4, -0.2) is 125 Å². The van der Waals surface area contributed by atoms with Gasteiger partial charge in [0.05, 0.1) is 0 Å². The third kappa shape index (κ3) is 12.7. The van der Waals surface area contributed by atoms with Gasteiger partial charge in [-0.3, -0.25) is 19.6 Å². The van der Waals surface area contributed by atoms with Crippen LogP contribution in [-0.2, 0) is 0 Å². The third-order valence-corrected chi connectivity index (χ3v) is 10.4. The molecule has 43 heavy (non-hydrogen) atoms. The first-order chi connectivity index (χ1) is 20.1. The maximum absolute atomic E-state index is 12.9. The summed E-state index contributed by atoms with van der Waals surface area (Å²) in [5.74, 6) is 0.808. The van der Waals surface area contributed by atoms with Gasteiger partial charge in [-0.25, -0.2) is 4.39 Å². The van der Waals surface area contributed by atoms with Crippen molar-refractivity contribution in [3.8, 4) is 0 Å². The monoisotopic (exact) mass is 613 g/mol. The summed E-state index contributed by atoms with van der Waals surface area (Å²) in [7, 11) is 0. The first kappa shape index (κ1) is 38.8. The molecule has 0 aromatic carbocycles. The summed E-state index contributed by atoms with van der Waals surface area (Å²) in [5, 5.41) is 0. The van der Waals surface area contributed by atoms with E-state index in [9.17, 15) is 4.39 Å². The Morgan fingerprint density at radius 2 is 1.16 bits per heavy atom. The van der Waals surface area contributed by atoms with E-state index in [0.717, 1.165) is 31.6 Å². The lowest BCUT2D eigenvalue weighted by Crippen LogP contribution is -2.50. The number of piperidine rings is 4. The number of nitrogens with zero attached hydrogens (tertiary/aromatic N) is 4. The zero-order chi connectivity index (χ0) is 32.4. The van der Waals surface area contributed by atoms with Gasteiger partial charge in [0.15, 0.2) is 0 Å². The minimum Gasteiger partial charge on any atom is -0.327 e. The van der Waals surface area contributed by atoms with Gasteiger partial charge in [-0.2, -0.15) is 0 Å². The second kappa shape index (κ2) is 18.7. The smallest absolute Gasteiger partial charge is 0.114 e. The number of rotatable bonds is 4. The predicted octanol–water partition coefficient (Wildman–Crippen LogP) is 3.61. The van der Waals surface area contributed by atoms with E-state index in [2.05, 4.69) is 81.9 Å². The van der Waals surface area contributed by atoms with E-state index in [4.69, 9.17) is 22.9 Å². The average molecular weight is 613 g/mol. The van der Waals surface area contributed by atoms with Gasteiger partial charge in [0, 0.05) is 93.1 Å². The SMILES string of the molecule is CC(C)N1CC2CCC1[C@@H]2N.CC(C)N1CCC[C@@H](N)C1.CC(C)N1C[C@H](N)CC[C@@H]1C.CC(C)N1C[C@H](N)C[C@@H](F)C1. The maximum atomic E-state index is 12.9. The maximum Gasteiger partial charge on any atom is 0.114 e. The van der Waals surface area contributed by atoms with Gasteiger partial charge in [-0.05, 0) is 120 Å². The highest BCUT2D eigenvalue weighted by Gasteiger charge is 2.45. The van der Waals surface area contributed by atoms with Crippen LogP contribution in [0, 0.1) is 5.92 Å². The summed E-state index contributed by atoms with van der Waals surface area (Å²) in [4.78, 5) is 9.61. The van der Waals surface area contributed by atoms with Crippen LogP contribution >= 0.6 is 0 Å². The van der Waals surface area contributed by atoms with E-state index in [-0.39, 0.29) is 6.04 Å². The summed E-state index contributed by atoms with van der Waals surface area (Å²) >= 11 is 0. The van der Waals surface area contributed by atoms with Crippen molar-refractivity contribution >= 4 is 0 Å². The van der Waals surface area contributed by atoms with Crippen molar-refractivity contribution in [1.29, 1.82) is 0 Å². The molecular weight excluding hydrogens is 539 g/mol. The first-order valence-corrected chi connectivity index (χ1v) is 17.8. The molecule has 256 valence electrons. The van der Waals surface area contributed by atoms with Crippen LogP contribution < -0.4 is 22.9 Å². The molecule has 1 saturated carbocycles. The van der Waals surface area contributed by atoms with Crippen LogP contribution in [0.4, 0.5) is 4.39 Å². The highest BCUT2D eigenvalue weighted by Crippen LogP contribution is 2.37. The Hall–Kier alpha value is -0.390. The van der Waals surface area contributed by atoms with Crippen molar-refractivity contribution < 1.29 is 4.39 Å². The van der Waals surface area contributed by atoms with Crippen molar-refractivity contribution in [3.05, 3.63) is 0 Å². The molecule has 8 atom stereocenters. The van der Waals surface area contributed by atoms with Gasteiger partial charge in [-0.15, -0.1) is 0 Å². The van der Waals surface area contributed by atoms with E-state index in [1.54, 1.807) is 0 Å². The lowest BCUT2D eigenvalue weighted by molar-refractivity contribution is 0.0987. The van der Waals surface area contributed by atoms with E-state index in [0.29, 0.717) is 61.3 Å². The fourth-order valence-corrected chi connectivity index (χ4v) is 7.61. The van der Waals surface area contributed by atoms with Crippen molar-refractivity contribution in [2.75, 3.05) is 39.3 Å². The van der Waals surface area contributed by atoms with Gasteiger partial charge in [0.25, 0.3) is 0 Å². The number of hydrogen-bond acceptors (Lipinski definition) is 8. The van der Waals surface area contributed by atoms with Gasteiger partial charge >= 0.3 is 0 Å². The molecule has 0 aromatic rings. The summed E-state index contributed by atoms with van der Waals surface area (Å²) in [6.07, 6.45) is 7.47. The molecule has 4 saturated heterocycles. The van der Waals surface area contributed by atoms with E-state index < -0.39 is 6.17 Å². The van der Waals surface area contributed by atoms with E-state index in [1.807, 2.05) is 0 Å². The average Bonchev–Trinajstić information content (AvgIpc) is 3.45. The van der Waals surface area contributed by atoms with Gasteiger partial charge in [-0.1, -0.05) is 0 Å². The Bertz CT molecular complexity index is 734. The minimum absolute atomic E-state index is 0.0288. The molecular formula is C34H73FN8. The minimum atomic E-state index is -0.721. The third-order valence-electron chi connectivity index (χ3n) is 10.4. The van der Waals surface area contributed by atoms with E-state index in [1.165, 1.54) is 51.6 Å². The lowest BCUT2D eigenvalue weighted by atomic mass is 9.99. The van der Waals surface area contributed by atoms with Crippen LogP contribution in [0.15, 0.2) is 0 Å². The zero-order valence-electron chi connectivity index (χ0n) is 29.6. The zero-order valence-corrected chi connectivity index (χ0v) is 29.6. The number of halogens is 1. The molecule has 0 spiro atoms. The molecule has 4 aliphatic heterocycles. The van der Waals surface area contributed by atoms with Crippen molar-refractivity contribution in [1.82, 2.24) is 19.6 Å². The molecule has 5 aliphatic rings. The van der Waals surface area contributed by atoms with Crippen LogP contribution in [0.2, 0.25) is 0 Å². The molecule has 8 nitrogen and oxygen atoms in total. The normalized spacial score (nSPS) is 35.9. The fourth-order valence-electron chi connectivity index (χ4n) is 7.61. The predicted molar refractivity (Wildman–Crippen MR) is 183 cm³/mol. The molecule has 2 unspecified atom stereocenters. The molecule has 4 heterocycles. The van der Waals surface area contributed by atoms with Crippen molar-refractivity contribution in [2.24, 2.45) is 28.9 Å². The van der Waals surface area contributed by atoms with Crippen LogP contribution in [0.3, 0.4) is 0 Å². The standard InChI is InChI=1S/C9H18N2.C9H20N2.C8H17FN2.C8H18N2/c1-6(2)11-5-7-3-4-8(11)9(7)10;1-7(2)11-6-9(10)5-4-8(11)3;1-6(2)11-4-7(9)3-8(10)5-11;1-7(2)10-5-3-4-8(9)6-10/h6-9H,3-5,10H2,1-2H3;7-9H,4-6,10H2,1-3H3;6-8H,3-5,10H2,1-2H3;7-8H,3-6,9H2,1-2H3/t7?,8?,9-;8-,9+;7-,8-;8-/m1011/s1. The molecule has 2 bridgehead atoms. The Kier molecular flexibility index (Phi) is 16.9.